The van der Waals surface area contributed by atoms with E-state index in [0.29, 0.717) is 6.54 Å². The first-order valence-electron chi connectivity index (χ1n) is 7.88. The third-order valence-corrected chi connectivity index (χ3v) is 4.24. The Morgan fingerprint density at radius 2 is 1.52 bits per heavy atom. The molecule has 0 aliphatic carbocycles. The Balaban J connectivity index is 1.92. The van der Waals surface area contributed by atoms with Crippen LogP contribution in [0.5, 0.6) is 0 Å². The van der Waals surface area contributed by atoms with Crippen molar-refractivity contribution in [2.24, 2.45) is 0 Å². The summed E-state index contributed by atoms with van der Waals surface area (Å²) >= 11 is 0. The van der Waals surface area contributed by atoms with E-state index in [-0.39, 0.29) is 5.56 Å². The molecule has 0 radical (unpaired) electrons. The minimum Gasteiger partial charge on any atom is -0.381 e. The Kier molecular flexibility index (Phi) is 3.95. The number of fused-ring (bicyclic) bond motifs is 1. The maximum Gasteiger partial charge on any atom is 0.253 e. The molecule has 118 valence electrons. The Morgan fingerprint density at radius 1 is 0.870 bits per heavy atom. The fraction of sp³-hybridized carbons (Fsp3) is 0.250. The molecule has 0 saturated heterocycles. The van der Waals surface area contributed by atoms with Gasteiger partial charge in [0.1, 0.15) is 0 Å². The Bertz CT molecular complexity index is 918. The molecule has 0 unspecified atom stereocenters. The Labute approximate surface area is 136 Å². The summed E-state index contributed by atoms with van der Waals surface area (Å²) in [6.07, 6.45) is 0. The number of aromatic nitrogens is 1. The fourth-order valence-corrected chi connectivity index (χ4v) is 2.93. The van der Waals surface area contributed by atoms with Crippen LogP contribution in [-0.2, 0) is 6.54 Å². The summed E-state index contributed by atoms with van der Waals surface area (Å²) < 4.78 is 0. The van der Waals surface area contributed by atoms with Gasteiger partial charge in [-0.05, 0) is 85.7 Å². The lowest BCUT2D eigenvalue weighted by Crippen LogP contribution is -2.15. The van der Waals surface area contributed by atoms with Crippen LogP contribution in [-0.4, -0.2) is 4.98 Å². The molecular weight excluding hydrogens is 284 g/mol. The van der Waals surface area contributed by atoms with E-state index in [0.717, 1.165) is 22.2 Å². The maximum absolute atomic E-state index is 12.3. The topological polar surface area (TPSA) is 44.9 Å². The molecule has 0 saturated carbocycles. The molecule has 0 aliphatic rings. The lowest BCUT2D eigenvalue weighted by atomic mass is 10.0. The van der Waals surface area contributed by atoms with Gasteiger partial charge in [-0.2, -0.15) is 0 Å². The lowest BCUT2D eigenvalue weighted by Gasteiger charge is -2.10. The zero-order chi connectivity index (χ0) is 16.6. The molecule has 3 rings (SSSR count). The first-order valence-corrected chi connectivity index (χ1v) is 7.88. The van der Waals surface area contributed by atoms with E-state index in [1.165, 1.54) is 22.3 Å². The molecule has 0 amide bonds. The number of benzene rings is 2. The quantitative estimate of drug-likeness (QED) is 0.754. The van der Waals surface area contributed by atoms with Crippen LogP contribution in [0, 0.1) is 27.7 Å². The van der Waals surface area contributed by atoms with Crippen molar-refractivity contribution in [3.63, 3.8) is 0 Å². The molecule has 2 N–H and O–H groups in total. The highest BCUT2D eigenvalue weighted by Crippen LogP contribution is 2.18. The van der Waals surface area contributed by atoms with Gasteiger partial charge in [-0.15, -0.1) is 0 Å². The summed E-state index contributed by atoms with van der Waals surface area (Å²) in [4.78, 5) is 15.3. The molecule has 1 heterocycles. The molecular formula is C20H22N2O. The summed E-state index contributed by atoms with van der Waals surface area (Å²) in [6, 6.07) is 12.5. The van der Waals surface area contributed by atoms with Crippen LogP contribution in [0.4, 0.5) is 5.69 Å². The number of anilines is 1. The highest BCUT2D eigenvalue weighted by Gasteiger charge is 2.05. The molecule has 0 spiro atoms. The van der Waals surface area contributed by atoms with E-state index in [2.05, 4.69) is 62.3 Å². The average molecular weight is 306 g/mol. The van der Waals surface area contributed by atoms with Crippen LogP contribution >= 0.6 is 0 Å². The molecule has 0 bridgehead atoms. The highest BCUT2D eigenvalue weighted by atomic mass is 16.1. The van der Waals surface area contributed by atoms with Gasteiger partial charge in [-0.3, -0.25) is 4.79 Å². The van der Waals surface area contributed by atoms with Gasteiger partial charge < -0.3 is 10.3 Å². The molecule has 3 aromatic rings. The second-order valence-electron chi connectivity index (χ2n) is 6.38. The van der Waals surface area contributed by atoms with Gasteiger partial charge in [0.25, 0.3) is 5.56 Å². The lowest BCUT2D eigenvalue weighted by molar-refractivity contribution is 1.09. The van der Waals surface area contributed by atoms with Crippen molar-refractivity contribution in [3.05, 3.63) is 74.6 Å². The van der Waals surface area contributed by atoms with Crippen molar-refractivity contribution >= 4 is 16.6 Å². The van der Waals surface area contributed by atoms with Gasteiger partial charge in [0.15, 0.2) is 0 Å². The number of aryl methyl sites for hydroxylation is 4. The zero-order valence-corrected chi connectivity index (χ0v) is 14.1. The first-order chi connectivity index (χ1) is 10.9. The summed E-state index contributed by atoms with van der Waals surface area (Å²) in [5.41, 5.74) is 7.51. The van der Waals surface area contributed by atoms with Crippen molar-refractivity contribution in [2.75, 3.05) is 5.32 Å². The first kappa shape index (κ1) is 15.3. The van der Waals surface area contributed by atoms with Crippen LogP contribution < -0.4 is 10.9 Å². The highest BCUT2D eigenvalue weighted by molar-refractivity contribution is 5.80. The number of pyridine rings is 1. The molecule has 1 aromatic heterocycles. The van der Waals surface area contributed by atoms with E-state index in [4.69, 9.17) is 0 Å². The predicted molar refractivity (Wildman–Crippen MR) is 97.3 cm³/mol. The number of rotatable bonds is 3. The van der Waals surface area contributed by atoms with Crippen LogP contribution in [0.15, 0.2) is 41.2 Å². The van der Waals surface area contributed by atoms with Crippen molar-refractivity contribution in [2.45, 2.75) is 34.2 Å². The van der Waals surface area contributed by atoms with Crippen molar-refractivity contribution in [3.8, 4) is 0 Å². The number of hydrogen-bond acceptors (Lipinski definition) is 2. The van der Waals surface area contributed by atoms with Crippen molar-refractivity contribution in [1.82, 2.24) is 4.98 Å². The second-order valence-corrected chi connectivity index (χ2v) is 6.38. The summed E-state index contributed by atoms with van der Waals surface area (Å²) in [5, 5.41) is 4.43. The SMILES string of the molecule is Cc1cc(C)cc(NCc2cc3cc(C)c(C)cc3[nH]c2=O)c1. The predicted octanol–water partition coefficient (Wildman–Crippen LogP) is 4.37. The second kappa shape index (κ2) is 5.92. The monoisotopic (exact) mass is 306 g/mol. The number of hydrogen-bond donors (Lipinski definition) is 2. The minimum absolute atomic E-state index is 0.0300. The molecule has 3 nitrogen and oxygen atoms in total. The third-order valence-electron chi connectivity index (χ3n) is 4.24. The largest absolute Gasteiger partial charge is 0.381 e. The third kappa shape index (κ3) is 3.29. The molecule has 0 aliphatic heterocycles. The van der Waals surface area contributed by atoms with E-state index >= 15 is 0 Å². The summed E-state index contributed by atoms with van der Waals surface area (Å²) in [6.45, 7) is 8.81. The summed E-state index contributed by atoms with van der Waals surface area (Å²) in [5.74, 6) is 0. The Hall–Kier alpha value is -2.55. The summed E-state index contributed by atoms with van der Waals surface area (Å²) in [7, 11) is 0. The van der Waals surface area contributed by atoms with Gasteiger partial charge >= 0.3 is 0 Å². The standard InChI is InChI=1S/C20H22N2O/c1-12-5-13(2)7-18(6-12)21-11-17-10-16-8-14(3)15(4)9-19(16)22-20(17)23/h5-10,21H,11H2,1-4H3,(H,22,23). The molecule has 0 fully saturated rings. The molecule has 0 atom stereocenters. The van der Waals surface area contributed by atoms with Gasteiger partial charge in [0, 0.05) is 23.3 Å². The number of H-pyrrole nitrogens is 1. The van der Waals surface area contributed by atoms with Crippen LogP contribution in [0.3, 0.4) is 0 Å². The average Bonchev–Trinajstić information content (AvgIpc) is 2.46. The normalized spacial score (nSPS) is 11.0. The number of aromatic amines is 1. The van der Waals surface area contributed by atoms with Gasteiger partial charge in [-0.1, -0.05) is 6.07 Å². The fourth-order valence-electron chi connectivity index (χ4n) is 2.93. The van der Waals surface area contributed by atoms with E-state index in [9.17, 15) is 4.79 Å². The van der Waals surface area contributed by atoms with Crippen LogP contribution in [0.1, 0.15) is 27.8 Å². The van der Waals surface area contributed by atoms with Crippen LogP contribution in [0.2, 0.25) is 0 Å². The minimum atomic E-state index is -0.0300. The van der Waals surface area contributed by atoms with E-state index < -0.39 is 0 Å². The van der Waals surface area contributed by atoms with E-state index in [1.54, 1.807) is 0 Å². The van der Waals surface area contributed by atoms with Gasteiger partial charge in [-0.25, -0.2) is 0 Å². The van der Waals surface area contributed by atoms with Crippen LogP contribution in [0.25, 0.3) is 10.9 Å². The molecule has 2 aromatic carbocycles. The van der Waals surface area contributed by atoms with Crippen molar-refractivity contribution < 1.29 is 0 Å². The van der Waals surface area contributed by atoms with Gasteiger partial charge in [0.2, 0.25) is 0 Å². The Morgan fingerprint density at radius 3 is 2.22 bits per heavy atom. The zero-order valence-electron chi connectivity index (χ0n) is 14.1. The van der Waals surface area contributed by atoms with E-state index in [1.807, 2.05) is 12.1 Å². The van der Waals surface area contributed by atoms with Gasteiger partial charge in [0.05, 0.1) is 0 Å². The smallest absolute Gasteiger partial charge is 0.253 e. The van der Waals surface area contributed by atoms with Crippen molar-refractivity contribution in [1.29, 1.82) is 0 Å². The molecule has 3 heteroatoms. The number of nitrogens with one attached hydrogen (secondary N) is 2. The molecule has 23 heavy (non-hydrogen) atoms. The maximum atomic E-state index is 12.3.